The highest BCUT2D eigenvalue weighted by molar-refractivity contribution is 6.03. The van der Waals surface area contributed by atoms with Gasteiger partial charge in [-0.1, -0.05) is 36.4 Å². The van der Waals surface area contributed by atoms with Crippen molar-refractivity contribution in [3.63, 3.8) is 0 Å². The minimum atomic E-state index is 0.0288. The molecule has 0 heterocycles. The topological polar surface area (TPSA) is 46.3 Å². The summed E-state index contributed by atoms with van der Waals surface area (Å²) in [5.41, 5.74) is 9.20. The number of hydrogen-bond acceptors (Lipinski definition) is 2. The van der Waals surface area contributed by atoms with Crippen molar-refractivity contribution in [3.8, 4) is 11.1 Å². The van der Waals surface area contributed by atoms with E-state index in [4.69, 9.17) is 5.73 Å². The maximum Gasteiger partial charge on any atom is 0.254 e. The molecule has 0 aliphatic rings. The Labute approximate surface area is 120 Å². The Hall–Kier alpha value is -2.29. The standard InChI is InChI=1S/C17H20N2O/c1-3-19(4-2)17(20)14-11-8-12-15(18)16(14)13-9-6-5-7-10-13/h5-12H,3-4,18H2,1-2H3. The van der Waals surface area contributed by atoms with Gasteiger partial charge in [0.1, 0.15) is 0 Å². The smallest absolute Gasteiger partial charge is 0.254 e. The fourth-order valence-electron chi connectivity index (χ4n) is 2.36. The van der Waals surface area contributed by atoms with Crippen LogP contribution in [0.2, 0.25) is 0 Å². The molecule has 0 aliphatic carbocycles. The second-order valence-electron chi connectivity index (χ2n) is 4.61. The van der Waals surface area contributed by atoms with Gasteiger partial charge in [-0.25, -0.2) is 0 Å². The third kappa shape index (κ3) is 2.67. The van der Waals surface area contributed by atoms with Crippen LogP contribution in [0.15, 0.2) is 48.5 Å². The zero-order valence-electron chi connectivity index (χ0n) is 12.0. The average molecular weight is 268 g/mol. The number of carbonyl (C=O) groups excluding carboxylic acids is 1. The SMILES string of the molecule is CCN(CC)C(=O)c1cccc(N)c1-c1ccccc1. The number of benzene rings is 2. The Morgan fingerprint density at radius 2 is 1.65 bits per heavy atom. The maximum absolute atomic E-state index is 12.6. The van der Waals surface area contributed by atoms with E-state index in [0.29, 0.717) is 24.3 Å². The first-order chi connectivity index (χ1) is 9.69. The van der Waals surface area contributed by atoms with Gasteiger partial charge in [-0.3, -0.25) is 4.79 Å². The van der Waals surface area contributed by atoms with Crippen LogP contribution in [0.25, 0.3) is 11.1 Å². The Balaban J connectivity index is 2.55. The second kappa shape index (κ2) is 6.24. The van der Waals surface area contributed by atoms with Crippen LogP contribution in [0.3, 0.4) is 0 Å². The fourth-order valence-corrected chi connectivity index (χ4v) is 2.36. The number of nitrogens with two attached hydrogens (primary N) is 1. The number of hydrogen-bond donors (Lipinski definition) is 1. The van der Waals surface area contributed by atoms with Crippen molar-refractivity contribution in [2.24, 2.45) is 0 Å². The molecule has 0 atom stereocenters. The number of anilines is 1. The molecule has 3 nitrogen and oxygen atoms in total. The van der Waals surface area contributed by atoms with Crippen LogP contribution in [-0.4, -0.2) is 23.9 Å². The summed E-state index contributed by atoms with van der Waals surface area (Å²) in [7, 11) is 0. The molecule has 1 amide bonds. The van der Waals surface area contributed by atoms with Gasteiger partial charge in [-0.2, -0.15) is 0 Å². The predicted octanol–water partition coefficient (Wildman–Crippen LogP) is 3.42. The summed E-state index contributed by atoms with van der Waals surface area (Å²) >= 11 is 0. The molecule has 2 N–H and O–H groups in total. The molecular formula is C17H20N2O. The Morgan fingerprint density at radius 3 is 2.25 bits per heavy atom. The number of rotatable bonds is 4. The largest absolute Gasteiger partial charge is 0.398 e. The molecule has 0 aliphatic heterocycles. The van der Waals surface area contributed by atoms with Crippen molar-refractivity contribution in [2.45, 2.75) is 13.8 Å². The number of nitrogens with zero attached hydrogens (tertiary/aromatic N) is 1. The first kappa shape index (κ1) is 14.1. The van der Waals surface area contributed by atoms with Crippen molar-refractivity contribution in [3.05, 3.63) is 54.1 Å². The van der Waals surface area contributed by atoms with Gasteiger partial charge in [-0.05, 0) is 31.5 Å². The average Bonchev–Trinajstić information content (AvgIpc) is 2.49. The van der Waals surface area contributed by atoms with Crippen LogP contribution in [0.4, 0.5) is 5.69 Å². The molecule has 2 rings (SSSR count). The van der Waals surface area contributed by atoms with E-state index in [1.54, 1.807) is 4.90 Å². The van der Waals surface area contributed by atoms with Gasteiger partial charge in [-0.15, -0.1) is 0 Å². The molecule has 20 heavy (non-hydrogen) atoms. The molecule has 2 aromatic carbocycles. The summed E-state index contributed by atoms with van der Waals surface area (Å²) in [6.07, 6.45) is 0. The van der Waals surface area contributed by atoms with E-state index < -0.39 is 0 Å². The number of nitrogen functional groups attached to an aromatic ring is 1. The second-order valence-corrected chi connectivity index (χ2v) is 4.61. The molecule has 0 radical (unpaired) electrons. The summed E-state index contributed by atoms with van der Waals surface area (Å²) < 4.78 is 0. The summed E-state index contributed by atoms with van der Waals surface area (Å²) in [6.45, 7) is 5.35. The van der Waals surface area contributed by atoms with E-state index in [-0.39, 0.29) is 5.91 Å². The van der Waals surface area contributed by atoms with Crippen LogP contribution in [0, 0.1) is 0 Å². The Morgan fingerprint density at radius 1 is 1.00 bits per heavy atom. The van der Waals surface area contributed by atoms with Gasteiger partial charge in [0.15, 0.2) is 0 Å². The molecule has 0 spiro atoms. The lowest BCUT2D eigenvalue weighted by Gasteiger charge is -2.21. The molecule has 0 bridgehead atoms. The van der Waals surface area contributed by atoms with Crippen molar-refractivity contribution in [1.29, 1.82) is 0 Å². The van der Waals surface area contributed by atoms with Crippen molar-refractivity contribution in [2.75, 3.05) is 18.8 Å². The predicted molar refractivity (Wildman–Crippen MR) is 83.5 cm³/mol. The lowest BCUT2D eigenvalue weighted by Crippen LogP contribution is -2.31. The van der Waals surface area contributed by atoms with Crippen molar-refractivity contribution >= 4 is 11.6 Å². The van der Waals surface area contributed by atoms with E-state index >= 15 is 0 Å². The first-order valence-electron chi connectivity index (χ1n) is 6.92. The third-order valence-electron chi connectivity index (χ3n) is 3.44. The van der Waals surface area contributed by atoms with E-state index in [0.717, 1.165) is 11.1 Å². The van der Waals surface area contributed by atoms with Gasteiger partial charge in [0.25, 0.3) is 5.91 Å². The molecule has 2 aromatic rings. The van der Waals surface area contributed by atoms with E-state index in [9.17, 15) is 4.79 Å². The summed E-state index contributed by atoms with van der Waals surface area (Å²) in [5.74, 6) is 0.0288. The van der Waals surface area contributed by atoms with Crippen molar-refractivity contribution in [1.82, 2.24) is 4.90 Å². The van der Waals surface area contributed by atoms with Gasteiger partial charge >= 0.3 is 0 Å². The van der Waals surface area contributed by atoms with E-state index in [1.165, 1.54) is 0 Å². The van der Waals surface area contributed by atoms with Gasteiger partial charge in [0.05, 0.1) is 0 Å². The highest BCUT2D eigenvalue weighted by Gasteiger charge is 2.18. The van der Waals surface area contributed by atoms with E-state index in [1.807, 2.05) is 62.4 Å². The minimum Gasteiger partial charge on any atom is -0.398 e. The summed E-state index contributed by atoms with van der Waals surface area (Å²) in [6, 6.07) is 15.3. The molecular weight excluding hydrogens is 248 g/mol. The maximum atomic E-state index is 12.6. The summed E-state index contributed by atoms with van der Waals surface area (Å²) in [4.78, 5) is 14.4. The first-order valence-corrected chi connectivity index (χ1v) is 6.92. The lowest BCUT2D eigenvalue weighted by atomic mass is 9.97. The Kier molecular flexibility index (Phi) is 4.41. The quantitative estimate of drug-likeness (QED) is 0.864. The van der Waals surface area contributed by atoms with Gasteiger partial charge in [0.2, 0.25) is 0 Å². The number of carbonyl (C=O) groups is 1. The highest BCUT2D eigenvalue weighted by Crippen LogP contribution is 2.30. The zero-order chi connectivity index (χ0) is 14.5. The molecule has 0 aromatic heterocycles. The van der Waals surface area contributed by atoms with Crippen LogP contribution < -0.4 is 5.73 Å². The molecule has 3 heteroatoms. The van der Waals surface area contributed by atoms with Crippen molar-refractivity contribution < 1.29 is 4.79 Å². The van der Waals surface area contributed by atoms with Gasteiger partial charge in [0, 0.05) is 29.9 Å². The minimum absolute atomic E-state index is 0.0288. The van der Waals surface area contributed by atoms with E-state index in [2.05, 4.69) is 0 Å². The number of amides is 1. The highest BCUT2D eigenvalue weighted by atomic mass is 16.2. The van der Waals surface area contributed by atoms with Crippen LogP contribution in [0.1, 0.15) is 24.2 Å². The van der Waals surface area contributed by atoms with Crippen LogP contribution in [0.5, 0.6) is 0 Å². The molecule has 0 fully saturated rings. The van der Waals surface area contributed by atoms with Crippen LogP contribution in [-0.2, 0) is 0 Å². The molecule has 0 unspecified atom stereocenters. The summed E-state index contributed by atoms with van der Waals surface area (Å²) in [5, 5.41) is 0. The van der Waals surface area contributed by atoms with Gasteiger partial charge < -0.3 is 10.6 Å². The molecule has 104 valence electrons. The van der Waals surface area contributed by atoms with Crippen LogP contribution >= 0.6 is 0 Å². The third-order valence-corrected chi connectivity index (χ3v) is 3.44. The Bertz CT molecular complexity index is 589. The zero-order valence-corrected chi connectivity index (χ0v) is 12.0. The monoisotopic (exact) mass is 268 g/mol. The molecule has 0 saturated carbocycles. The lowest BCUT2D eigenvalue weighted by molar-refractivity contribution is 0.0774. The normalized spacial score (nSPS) is 10.3. The molecule has 0 saturated heterocycles. The fraction of sp³-hybridized carbons (Fsp3) is 0.235.